The number of pyridine rings is 1. The van der Waals surface area contributed by atoms with Crippen LogP contribution in [0.15, 0.2) is 42.6 Å². The van der Waals surface area contributed by atoms with Gasteiger partial charge in [-0.15, -0.1) is 0 Å². The van der Waals surface area contributed by atoms with Crippen molar-refractivity contribution in [1.82, 2.24) is 9.88 Å². The molecule has 4 rings (SSSR count). The maximum absolute atomic E-state index is 12.4. The number of aromatic nitrogens is 1. The number of rotatable bonds is 1. The Kier molecular flexibility index (Phi) is 3.73. The van der Waals surface area contributed by atoms with E-state index < -0.39 is 0 Å². The van der Waals surface area contributed by atoms with Gasteiger partial charge in [-0.1, -0.05) is 30.3 Å². The number of carbonyl (C=O) groups is 1. The predicted octanol–water partition coefficient (Wildman–Crippen LogP) is 3.44. The number of nitrogens with one attached hydrogen (secondary N) is 1. The van der Waals surface area contributed by atoms with E-state index in [1.807, 2.05) is 24.0 Å². The Morgan fingerprint density at radius 2 is 2.00 bits per heavy atom. The molecule has 0 radical (unpaired) electrons. The minimum atomic E-state index is -0.213. The number of fused-ring (bicyclic) bond motifs is 2. The third-order valence-corrected chi connectivity index (χ3v) is 5.02. The number of anilines is 1. The van der Waals surface area contributed by atoms with E-state index in [-0.39, 0.29) is 11.6 Å². The lowest BCUT2D eigenvalue weighted by Crippen LogP contribution is -2.46. The van der Waals surface area contributed by atoms with Crippen LogP contribution in [0.1, 0.15) is 29.5 Å². The lowest BCUT2D eigenvalue weighted by atomic mass is 9.84. The van der Waals surface area contributed by atoms with Crippen LogP contribution in [0.3, 0.4) is 0 Å². The lowest BCUT2D eigenvalue weighted by molar-refractivity contribution is -0.0722. The number of ether oxygens (including phenoxy) is 1. The first-order chi connectivity index (χ1) is 11.7. The highest BCUT2D eigenvalue weighted by Gasteiger charge is 2.43. The van der Waals surface area contributed by atoms with E-state index in [1.54, 1.807) is 6.20 Å². The number of likely N-dealkylation sites (tertiary alicyclic amines) is 1. The monoisotopic (exact) mass is 323 g/mol. The molecular formula is C19H21N3O2. The third kappa shape index (κ3) is 2.65. The maximum atomic E-state index is 12.4. The van der Waals surface area contributed by atoms with Crippen molar-refractivity contribution in [3.05, 3.63) is 59.3 Å². The second kappa shape index (κ2) is 5.91. The van der Waals surface area contributed by atoms with Crippen LogP contribution < -0.4 is 5.32 Å². The summed E-state index contributed by atoms with van der Waals surface area (Å²) in [7, 11) is 0. The van der Waals surface area contributed by atoms with Gasteiger partial charge < -0.3 is 9.64 Å². The largest absolute Gasteiger partial charge is 0.365 e. The molecule has 124 valence electrons. The summed E-state index contributed by atoms with van der Waals surface area (Å²) in [5, 5.41) is 2.87. The summed E-state index contributed by atoms with van der Waals surface area (Å²) in [6, 6.07) is 12.1. The van der Waals surface area contributed by atoms with Crippen molar-refractivity contribution in [3.8, 4) is 0 Å². The second-order valence-electron chi connectivity index (χ2n) is 6.58. The van der Waals surface area contributed by atoms with E-state index in [0.717, 1.165) is 18.4 Å². The highest BCUT2D eigenvalue weighted by Crippen LogP contribution is 2.43. The summed E-state index contributed by atoms with van der Waals surface area (Å²) in [6.07, 6.45) is 3.42. The first-order valence-corrected chi connectivity index (χ1v) is 8.37. The van der Waals surface area contributed by atoms with Crippen molar-refractivity contribution in [2.45, 2.75) is 32.0 Å². The molecule has 2 aliphatic heterocycles. The van der Waals surface area contributed by atoms with Gasteiger partial charge in [0, 0.05) is 19.3 Å². The molecule has 2 aliphatic rings. The van der Waals surface area contributed by atoms with E-state index in [9.17, 15) is 4.79 Å². The number of benzene rings is 1. The predicted molar refractivity (Wildman–Crippen MR) is 91.7 cm³/mol. The molecule has 24 heavy (non-hydrogen) atoms. The van der Waals surface area contributed by atoms with Gasteiger partial charge in [-0.25, -0.2) is 9.78 Å². The van der Waals surface area contributed by atoms with Gasteiger partial charge in [0.15, 0.2) is 0 Å². The fraction of sp³-hybridized carbons (Fsp3) is 0.368. The van der Waals surface area contributed by atoms with Crippen molar-refractivity contribution < 1.29 is 9.53 Å². The number of nitrogens with zero attached hydrogens (tertiary/aromatic N) is 2. The molecule has 0 atom stereocenters. The Hall–Kier alpha value is -2.40. The summed E-state index contributed by atoms with van der Waals surface area (Å²) in [5.74, 6) is 0.591. The fourth-order valence-corrected chi connectivity index (χ4v) is 3.60. The molecule has 1 fully saturated rings. The molecule has 1 spiro atoms. The van der Waals surface area contributed by atoms with Crippen LogP contribution >= 0.6 is 0 Å². The fourth-order valence-electron chi connectivity index (χ4n) is 3.60. The van der Waals surface area contributed by atoms with Gasteiger partial charge in [0.2, 0.25) is 0 Å². The zero-order valence-corrected chi connectivity index (χ0v) is 13.8. The van der Waals surface area contributed by atoms with Crippen molar-refractivity contribution in [2.24, 2.45) is 0 Å². The number of amides is 2. The van der Waals surface area contributed by atoms with E-state index in [2.05, 4.69) is 34.6 Å². The number of urea groups is 1. The van der Waals surface area contributed by atoms with E-state index in [4.69, 9.17) is 4.74 Å². The Morgan fingerprint density at radius 1 is 1.21 bits per heavy atom. The summed E-state index contributed by atoms with van der Waals surface area (Å²) < 4.78 is 6.14. The smallest absolute Gasteiger partial charge is 0.323 e. The Balaban J connectivity index is 1.41. The average Bonchev–Trinajstić information content (AvgIpc) is 2.96. The highest BCUT2D eigenvalue weighted by atomic mass is 16.5. The van der Waals surface area contributed by atoms with E-state index in [1.165, 1.54) is 11.1 Å². The molecule has 0 aliphatic carbocycles. The normalized spacial score (nSPS) is 18.5. The SMILES string of the molecule is Cc1ccc(NC(=O)N2CCC3(CC2)OCc2ccccc23)nc1. The quantitative estimate of drug-likeness (QED) is 0.874. The Bertz CT molecular complexity index is 749. The zero-order valence-electron chi connectivity index (χ0n) is 13.8. The number of hydrogen-bond acceptors (Lipinski definition) is 3. The molecule has 2 amide bonds. The van der Waals surface area contributed by atoms with Crippen molar-refractivity contribution in [2.75, 3.05) is 18.4 Å². The summed E-state index contributed by atoms with van der Waals surface area (Å²) >= 11 is 0. The van der Waals surface area contributed by atoms with Gasteiger partial charge in [-0.05, 0) is 42.5 Å². The van der Waals surface area contributed by atoms with Gasteiger partial charge in [-0.2, -0.15) is 0 Å². The molecule has 1 N–H and O–H groups in total. The Morgan fingerprint density at radius 3 is 2.75 bits per heavy atom. The van der Waals surface area contributed by atoms with Crippen molar-refractivity contribution >= 4 is 11.8 Å². The summed E-state index contributed by atoms with van der Waals surface area (Å²) in [5.41, 5.74) is 3.43. The Labute approximate surface area is 141 Å². The first-order valence-electron chi connectivity index (χ1n) is 8.37. The van der Waals surface area contributed by atoms with Gasteiger partial charge in [-0.3, -0.25) is 5.32 Å². The van der Waals surface area contributed by atoms with Crippen LogP contribution in [0.25, 0.3) is 0 Å². The molecule has 5 heteroatoms. The van der Waals surface area contributed by atoms with Crippen LogP contribution in [0.5, 0.6) is 0 Å². The highest BCUT2D eigenvalue weighted by molar-refractivity contribution is 5.88. The molecule has 5 nitrogen and oxygen atoms in total. The van der Waals surface area contributed by atoms with Gasteiger partial charge in [0.05, 0.1) is 12.2 Å². The van der Waals surface area contributed by atoms with Crippen LogP contribution in [0.4, 0.5) is 10.6 Å². The molecule has 1 saturated heterocycles. The van der Waals surface area contributed by atoms with E-state index in [0.29, 0.717) is 25.5 Å². The molecule has 1 aromatic heterocycles. The molecule has 0 saturated carbocycles. The average molecular weight is 323 g/mol. The molecule has 0 unspecified atom stereocenters. The third-order valence-electron chi connectivity index (χ3n) is 5.02. The topological polar surface area (TPSA) is 54.5 Å². The number of carbonyl (C=O) groups excluding carboxylic acids is 1. The number of aryl methyl sites for hydroxylation is 1. The van der Waals surface area contributed by atoms with E-state index >= 15 is 0 Å². The standard InChI is InChI=1S/C19H21N3O2/c1-14-6-7-17(20-12-14)21-18(23)22-10-8-19(9-11-22)16-5-3-2-4-15(16)13-24-19/h2-7,12H,8-11,13H2,1H3,(H,20,21,23). The summed E-state index contributed by atoms with van der Waals surface area (Å²) in [4.78, 5) is 18.5. The summed E-state index contributed by atoms with van der Waals surface area (Å²) in [6.45, 7) is 4.02. The molecule has 2 aromatic rings. The van der Waals surface area contributed by atoms with Crippen molar-refractivity contribution in [3.63, 3.8) is 0 Å². The van der Waals surface area contributed by atoms with Crippen LogP contribution in [0, 0.1) is 6.92 Å². The van der Waals surface area contributed by atoms with Crippen LogP contribution in [-0.4, -0.2) is 29.0 Å². The van der Waals surface area contributed by atoms with Crippen LogP contribution in [0.2, 0.25) is 0 Å². The van der Waals surface area contributed by atoms with Gasteiger partial charge in [0.1, 0.15) is 5.82 Å². The van der Waals surface area contributed by atoms with Gasteiger partial charge in [0.25, 0.3) is 0 Å². The number of piperidine rings is 1. The molecule has 0 bridgehead atoms. The van der Waals surface area contributed by atoms with Crippen molar-refractivity contribution in [1.29, 1.82) is 0 Å². The van der Waals surface area contributed by atoms with Gasteiger partial charge >= 0.3 is 6.03 Å². The maximum Gasteiger partial charge on any atom is 0.323 e. The molecule has 1 aromatic carbocycles. The molecule has 3 heterocycles. The molecular weight excluding hydrogens is 302 g/mol. The van der Waals surface area contributed by atoms with Crippen LogP contribution in [-0.2, 0) is 16.9 Å². The number of hydrogen-bond donors (Lipinski definition) is 1. The zero-order chi connectivity index (χ0) is 16.6. The lowest BCUT2D eigenvalue weighted by Gasteiger charge is -2.39. The second-order valence-corrected chi connectivity index (χ2v) is 6.58. The first kappa shape index (κ1) is 15.1. The minimum absolute atomic E-state index is 0.0903. The minimum Gasteiger partial charge on any atom is -0.365 e.